The lowest BCUT2D eigenvalue weighted by Crippen LogP contribution is -2.54. The van der Waals surface area contributed by atoms with Crippen molar-refractivity contribution in [3.05, 3.63) is 60.2 Å². The third-order valence-corrected chi connectivity index (χ3v) is 7.36. The summed E-state index contributed by atoms with van der Waals surface area (Å²) in [7, 11) is 1.91. The van der Waals surface area contributed by atoms with Crippen molar-refractivity contribution in [2.24, 2.45) is 11.8 Å². The van der Waals surface area contributed by atoms with E-state index in [1.165, 1.54) is 0 Å². The van der Waals surface area contributed by atoms with Crippen LogP contribution in [0.1, 0.15) is 57.9 Å². The van der Waals surface area contributed by atoms with E-state index in [1.807, 2.05) is 48.3 Å². The summed E-state index contributed by atoms with van der Waals surface area (Å²) in [5, 5.41) is 28.3. The van der Waals surface area contributed by atoms with Gasteiger partial charge in [-0.3, -0.25) is 0 Å². The van der Waals surface area contributed by atoms with Gasteiger partial charge in [-0.25, -0.2) is 4.79 Å². The molecule has 2 aromatic carbocycles. The van der Waals surface area contributed by atoms with E-state index >= 15 is 0 Å². The van der Waals surface area contributed by atoms with Gasteiger partial charge in [0.15, 0.2) is 0 Å². The van der Waals surface area contributed by atoms with Crippen molar-refractivity contribution in [1.29, 1.82) is 0 Å². The van der Waals surface area contributed by atoms with Gasteiger partial charge in [0.1, 0.15) is 0 Å². The number of carbonyl (C=O) groups excluding carboxylic acids is 1. The molecule has 198 valence electrons. The predicted octanol–water partition coefficient (Wildman–Crippen LogP) is 4.76. The van der Waals surface area contributed by atoms with Crippen molar-refractivity contribution < 1.29 is 15.0 Å². The lowest BCUT2D eigenvalue weighted by molar-refractivity contribution is -0.0557. The van der Waals surface area contributed by atoms with Gasteiger partial charge in [-0.05, 0) is 68.2 Å². The first-order valence-corrected chi connectivity index (χ1v) is 13.6. The average Bonchev–Trinajstić information content (AvgIpc) is 2.89. The quantitative estimate of drug-likeness (QED) is 0.320. The summed E-state index contributed by atoms with van der Waals surface area (Å²) in [5.74, 6) is 0.400. The first-order chi connectivity index (χ1) is 17.4. The van der Waals surface area contributed by atoms with Crippen molar-refractivity contribution in [3.8, 4) is 11.1 Å². The highest BCUT2D eigenvalue weighted by Crippen LogP contribution is 2.43. The van der Waals surface area contributed by atoms with Crippen molar-refractivity contribution >= 4 is 6.03 Å². The van der Waals surface area contributed by atoms with Crippen LogP contribution in [0.15, 0.2) is 54.6 Å². The van der Waals surface area contributed by atoms with Gasteiger partial charge in [-0.15, -0.1) is 0 Å². The van der Waals surface area contributed by atoms with Gasteiger partial charge in [-0.2, -0.15) is 0 Å². The molecular formula is C30H45N3O3. The molecule has 2 aromatic rings. The van der Waals surface area contributed by atoms with Gasteiger partial charge >= 0.3 is 6.03 Å². The molecular weight excluding hydrogens is 450 g/mol. The van der Waals surface area contributed by atoms with Gasteiger partial charge in [0, 0.05) is 38.2 Å². The minimum absolute atomic E-state index is 0.0466. The highest BCUT2D eigenvalue weighted by Gasteiger charge is 2.42. The number of aliphatic hydroxyl groups excluding tert-OH is 1. The van der Waals surface area contributed by atoms with Gasteiger partial charge < -0.3 is 25.7 Å². The van der Waals surface area contributed by atoms with E-state index in [0.717, 1.165) is 48.9 Å². The van der Waals surface area contributed by atoms with Crippen LogP contribution in [0.3, 0.4) is 0 Å². The Balaban J connectivity index is 1.87. The minimum atomic E-state index is -1.09. The topological polar surface area (TPSA) is 84.8 Å². The fourth-order valence-electron chi connectivity index (χ4n) is 5.62. The number of unbranched alkanes of at least 4 members (excludes halogenated alkanes) is 1. The molecule has 2 amide bonds. The normalized spacial score (nSPS) is 18.6. The van der Waals surface area contributed by atoms with E-state index in [-0.39, 0.29) is 24.6 Å². The number of piperidine rings is 1. The third kappa shape index (κ3) is 7.31. The summed E-state index contributed by atoms with van der Waals surface area (Å²) in [5.41, 5.74) is 1.91. The highest BCUT2D eigenvalue weighted by molar-refractivity contribution is 5.75. The molecule has 0 saturated carbocycles. The summed E-state index contributed by atoms with van der Waals surface area (Å²) in [6, 6.07) is 18.3. The molecule has 0 aromatic heterocycles. The Morgan fingerprint density at radius 1 is 1.11 bits per heavy atom. The number of likely N-dealkylation sites (tertiary alicyclic amines) is 1. The Morgan fingerprint density at radius 2 is 1.83 bits per heavy atom. The Bertz CT molecular complexity index is 936. The van der Waals surface area contributed by atoms with Gasteiger partial charge in [-0.1, -0.05) is 68.4 Å². The second-order valence-corrected chi connectivity index (χ2v) is 10.6. The molecule has 4 N–H and O–H groups in total. The number of nitrogens with one attached hydrogen (secondary N) is 2. The van der Waals surface area contributed by atoms with Gasteiger partial charge in [0.2, 0.25) is 0 Å². The van der Waals surface area contributed by atoms with Gasteiger partial charge in [0.05, 0.1) is 5.60 Å². The number of likely N-dealkylation sites (N-methyl/N-ethyl adjacent to an activating group) is 1. The van der Waals surface area contributed by atoms with Crippen LogP contribution < -0.4 is 10.6 Å². The second-order valence-electron chi connectivity index (χ2n) is 10.6. The zero-order chi connectivity index (χ0) is 26.0. The van der Waals surface area contributed by atoms with E-state index < -0.39 is 5.60 Å². The van der Waals surface area contributed by atoms with Crippen LogP contribution in [0.2, 0.25) is 0 Å². The maximum absolute atomic E-state index is 13.3. The summed E-state index contributed by atoms with van der Waals surface area (Å²) >= 11 is 0. The molecule has 6 nitrogen and oxygen atoms in total. The molecule has 0 spiro atoms. The number of benzene rings is 2. The standard InChI is InChI=1S/C30H45N3O3/c1-23(2)20-26(21-31-3)32-29(35)33-18-11-14-25(22-33)30(36,17-9-10-19-34)28-16-8-7-15-27(28)24-12-5-4-6-13-24/h4-8,12-13,15-16,23,25-26,31,34,36H,9-11,14,17-22H2,1-3H3,(H,32,35)/t25-,26+,30+/m1/s1. The fraction of sp³-hybridized carbons (Fsp3) is 0.567. The lowest BCUT2D eigenvalue weighted by Gasteiger charge is -2.44. The van der Waals surface area contributed by atoms with E-state index in [1.54, 1.807) is 0 Å². The van der Waals surface area contributed by atoms with Crippen LogP contribution in [0, 0.1) is 11.8 Å². The summed E-state index contributed by atoms with van der Waals surface area (Å²) < 4.78 is 0. The SMILES string of the molecule is CNC[C@H](CC(C)C)NC(=O)N1CCC[C@@H]([C@@](O)(CCCCO)c2ccccc2-c2ccccc2)C1. The van der Waals surface area contributed by atoms with Crippen molar-refractivity contribution in [3.63, 3.8) is 0 Å². The Morgan fingerprint density at radius 3 is 2.53 bits per heavy atom. The molecule has 1 fully saturated rings. The van der Waals surface area contributed by atoms with Gasteiger partial charge in [0.25, 0.3) is 0 Å². The van der Waals surface area contributed by atoms with E-state index in [2.05, 4.69) is 42.7 Å². The zero-order valence-corrected chi connectivity index (χ0v) is 22.2. The fourth-order valence-corrected chi connectivity index (χ4v) is 5.62. The smallest absolute Gasteiger partial charge is 0.317 e. The van der Waals surface area contributed by atoms with E-state index in [9.17, 15) is 15.0 Å². The highest BCUT2D eigenvalue weighted by atomic mass is 16.3. The second kappa shape index (κ2) is 13.8. The number of rotatable bonds is 12. The Hall–Kier alpha value is -2.41. The largest absolute Gasteiger partial charge is 0.396 e. The number of hydrogen-bond donors (Lipinski definition) is 4. The lowest BCUT2D eigenvalue weighted by atomic mass is 9.72. The van der Waals surface area contributed by atoms with Crippen LogP contribution in [0.5, 0.6) is 0 Å². The molecule has 0 radical (unpaired) electrons. The van der Waals surface area contributed by atoms with E-state index in [4.69, 9.17) is 0 Å². The molecule has 1 aliphatic heterocycles. The third-order valence-electron chi connectivity index (χ3n) is 7.36. The monoisotopic (exact) mass is 495 g/mol. The number of nitrogens with zero attached hydrogens (tertiary/aromatic N) is 1. The summed E-state index contributed by atoms with van der Waals surface area (Å²) in [6.45, 7) is 6.39. The summed E-state index contributed by atoms with van der Waals surface area (Å²) in [6.07, 6.45) is 4.54. The molecule has 0 unspecified atom stereocenters. The first kappa shape index (κ1) is 28.2. The van der Waals surface area contributed by atoms with Crippen LogP contribution in [-0.4, -0.2) is 60.5 Å². The molecule has 36 heavy (non-hydrogen) atoms. The molecule has 1 aliphatic rings. The Kier molecular flexibility index (Phi) is 10.8. The number of aliphatic hydroxyl groups is 2. The molecule has 3 atom stereocenters. The Labute approximate surface area is 217 Å². The van der Waals surface area contributed by atoms with Crippen molar-refractivity contribution in [1.82, 2.24) is 15.5 Å². The van der Waals surface area contributed by atoms with Crippen LogP contribution in [0.25, 0.3) is 11.1 Å². The average molecular weight is 496 g/mol. The molecule has 3 rings (SSSR count). The van der Waals surface area contributed by atoms with Crippen LogP contribution in [-0.2, 0) is 5.60 Å². The molecule has 0 bridgehead atoms. The molecule has 6 heteroatoms. The maximum Gasteiger partial charge on any atom is 0.317 e. The predicted molar refractivity (Wildman–Crippen MR) is 147 cm³/mol. The first-order valence-electron chi connectivity index (χ1n) is 13.6. The van der Waals surface area contributed by atoms with Crippen molar-refractivity contribution in [2.45, 2.75) is 64.0 Å². The number of carbonyl (C=O) groups is 1. The number of urea groups is 1. The maximum atomic E-state index is 13.3. The molecule has 1 saturated heterocycles. The van der Waals surface area contributed by atoms with Crippen LogP contribution in [0.4, 0.5) is 4.79 Å². The number of hydrogen-bond acceptors (Lipinski definition) is 4. The van der Waals surface area contributed by atoms with E-state index in [0.29, 0.717) is 31.8 Å². The van der Waals surface area contributed by atoms with Crippen LogP contribution >= 0.6 is 0 Å². The molecule has 1 heterocycles. The number of amides is 2. The minimum Gasteiger partial charge on any atom is -0.396 e. The van der Waals surface area contributed by atoms with Crippen molar-refractivity contribution in [2.75, 3.05) is 33.3 Å². The summed E-state index contributed by atoms with van der Waals surface area (Å²) in [4.78, 5) is 15.2. The molecule has 0 aliphatic carbocycles. The zero-order valence-electron chi connectivity index (χ0n) is 22.2.